The Hall–Kier alpha value is -1.03. The first-order valence-corrected chi connectivity index (χ1v) is 7.62. The van der Waals surface area contributed by atoms with Gasteiger partial charge < -0.3 is 10.1 Å². The van der Waals surface area contributed by atoms with Crippen LogP contribution in [0.25, 0.3) is 0 Å². The zero-order valence-corrected chi connectivity index (χ0v) is 13.7. The van der Waals surface area contributed by atoms with Crippen LogP contribution in [-0.4, -0.2) is 13.7 Å². The van der Waals surface area contributed by atoms with E-state index in [-0.39, 0.29) is 0 Å². The molecule has 0 saturated heterocycles. The van der Waals surface area contributed by atoms with Gasteiger partial charge in [0.2, 0.25) is 0 Å². The van der Waals surface area contributed by atoms with Crippen molar-refractivity contribution in [3.05, 3.63) is 63.1 Å². The monoisotopic (exact) mass is 353 g/mol. The molecule has 0 aliphatic carbocycles. The second-order valence-corrected chi connectivity index (χ2v) is 5.76. The molecule has 0 amide bonds. The van der Waals surface area contributed by atoms with Crippen LogP contribution in [0.2, 0.25) is 5.02 Å². The van der Waals surface area contributed by atoms with Crippen molar-refractivity contribution in [3.8, 4) is 0 Å². The Morgan fingerprint density at radius 1 is 1.20 bits per heavy atom. The number of nitrogens with one attached hydrogen (secondary N) is 1. The van der Waals surface area contributed by atoms with Gasteiger partial charge in [-0.2, -0.15) is 0 Å². The number of hydrogen-bond acceptors (Lipinski definition) is 2. The standard InChI is InChI=1S/C16H17BrClNO/c1-20-9-8-13-4-2-3-5-16(13)19-11-12-6-7-15(18)14(17)10-12/h2-7,10,19H,8-9,11H2,1H3. The van der Waals surface area contributed by atoms with Crippen molar-refractivity contribution in [1.29, 1.82) is 0 Å². The first-order valence-electron chi connectivity index (χ1n) is 6.45. The van der Waals surface area contributed by atoms with Crippen molar-refractivity contribution in [3.63, 3.8) is 0 Å². The molecule has 0 atom stereocenters. The van der Waals surface area contributed by atoms with E-state index >= 15 is 0 Å². The molecule has 0 aromatic heterocycles. The predicted octanol–water partition coefficient (Wildman–Crippen LogP) is 4.90. The summed E-state index contributed by atoms with van der Waals surface area (Å²) < 4.78 is 6.07. The van der Waals surface area contributed by atoms with Gasteiger partial charge in [0.25, 0.3) is 0 Å². The fourth-order valence-corrected chi connectivity index (χ4v) is 2.51. The van der Waals surface area contributed by atoms with Crippen LogP contribution in [0.15, 0.2) is 46.9 Å². The average molecular weight is 355 g/mol. The van der Waals surface area contributed by atoms with Gasteiger partial charge in [-0.25, -0.2) is 0 Å². The highest BCUT2D eigenvalue weighted by Crippen LogP contribution is 2.24. The summed E-state index contributed by atoms with van der Waals surface area (Å²) in [4.78, 5) is 0. The summed E-state index contributed by atoms with van der Waals surface area (Å²) in [5, 5.41) is 4.20. The fraction of sp³-hybridized carbons (Fsp3) is 0.250. The number of rotatable bonds is 6. The lowest BCUT2D eigenvalue weighted by atomic mass is 10.1. The number of ether oxygens (including phenoxy) is 1. The first-order chi connectivity index (χ1) is 9.70. The molecule has 0 unspecified atom stereocenters. The zero-order valence-electron chi connectivity index (χ0n) is 11.3. The largest absolute Gasteiger partial charge is 0.384 e. The molecule has 0 bridgehead atoms. The second kappa shape index (κ2) is 7.67. The summed E-state index contributed by atoms with van der Waals surface area (Å²) in [5.74, 6) is 0. The quantitative estimate of drug-likeness (QED) is 0.796. The Bertz CT molecular complexity index is 574. The van der Waals surface area contributed by atoms with Crippen LogP contribution in [0.5, 0.6) is 0 Å². The highest BCUT2D eigenvalue weighted by Gasteiger charge is 2.03. The lowest BCUT2D eigenvalue weighted by Crippen LogP contribution is -2.04. The maximum absolute atomic E-state index is 6.00. The molecular formula is C16H17BrClNO. The fourth-order valence-electron chi connectivity index (χ4n) is 1.97. The Morgan fingerprint density at radius 2 is 2.00 bits per heavy atom. The van der Waals surface area contributed by atoms with Crippen molar-refractivity contribution in [2.75, 3.05) is 19.0 Å². The minimum absolute atomic E-state index is 0.727. The van der Waals surface area contributed by atoms with Crippen LogP contribution in [0.3, 0.4) is 0 Å². The van der Waals surface area contributed by atoms with Gasteiger partial charge in [-0.1, -0.05) is 35.9 Å². The lowest BCUT2D eigenvalue weighted by molar-refractivity contribution is 0.202. The van der Waals surface area contributed by atoms with Gasteiger partial charge >= 0.3 is 0 Å². The number of hydrogen-bond donors (Lipinski definition) is 1. The summed E-state index contributed by atoms with van der Waals surface area (Å²) in [6, 6.07) is 14.3. The molecule has 20 heavy (non-hydrogen) atoms. The van der Waals surface area contributed by atoms with Crippen LogP contribution in [0, 0.1) is 0 Å². The van der Waals surface area contributed by atoms with E-state index in [0.29, 0.717) is 0 Å². The molecule has 0 fully saturated rings. The molecule has 2 aromatic rings. The molecule has 2 rings (SSSR count). The summed E-state index contributed by atoms with van der Waals surface area (Å²) in [6.07, 6.45) is 0.907. The van der Waals surface area contributed by atoms with Gasteiger partial charge in [0.1, 0.15) is 0 Å². The van der Waals surface area contributed by atoms with Crippen LogP contribution < -0.4 is 5.32 Å². The summed E-state index contributed by atoms with van der Waals surface area (Å²) in [7, 11) is 1.72. The Morgan fingerprint density at radius 3 is 2.75 bits per heavy atom. The van der Waals surface area contributed by atoms with Crippen molar-refractivity contribution in [2.45, 2.75) is 13.0 Å². The van der Waals surface area contributed by atoms with Gasteiger partial charge in [0.15, 0.2) is 0 Å². The molecule has 0 aliphatic heterocycles. The molecule has 0 spiro atoms. The molecule has 106 valence electrons. The van der Waals surface area contributed by atoms with Gasteiger partial charge in [-0.3, -0.25) is 0 Å². The maximum atomic E-state index is 6.00. The molecule has 2 aromatic carbocycles. The summed E-state index contributed by atoms with van der Waals surface area (Å²) in [6.45, 7) is 1.49. The maximum Gasteiger partial charge on any atom is 0.0548 e. The van der Waals surface area contributed by atoms with Gasteiger partial charge in [-0.05, 0) is 51.7 Å². The van der Waals surface area contributed by atoms with Crippen LogP contribution in [0.1, 0.15) is 11.1 Å². The van der Waals surface area contributed by atoms with Gasteiger partial charge in [0, 0.05) is 23.8 Å². The van der Waals surface area contributed by atoms with Crippen molar-refractivity contribution >= 4 is 33.2 Å². The van der Waals surface area contributed by atoms with E-state index in [2.05, 4.69) is 39.4 Å². The molecule has 1 N–H and O–H groups in total. The molecule has 0 heterocycles. The number of methoxy groups -OCH3 is 1. The van der Waals surface area contributed by atoms with E-state index in [1.165, 1.54) is 11.1 Å². The number of para-hydroxylation sites is 1. The zero-order chi connectivity index (χ0) is 14.4. The summed E-state index contributed by atoms with van der Waals surface area (Å²) >= 11 is 9.44. The first kappa shape index (κ1) is 15.4. The van der Waals surface area contributed by atoms with Crippen LogP contribution in [-0.2, 0) is 17.7 Å². The third kappa shape index (κ3) is 4.23. The average Bonchev–Trinajstić information content (AvgIpc) is 2.47. The minimum atomic E-state index is 0.727. The highest BCUT2D eigenvalue weighted by atomic mass is 79.9. The molecule has 0 saturated carbocycles. The Balaban J connectivity index is 2.04. The van der Waals surface area contributed by atoms with Gasteiger partial charge in [0.05, 0.1) is 11.6 Å². The van der Waals surface area contributed by atoms with Crippen LogP contribution >= 0.6 is 27.5 Å². The van der Waals surface area contributed by atoms with E-state index in [0.717, 1.165) is 34.8 Å². The Kier molecular flexibility index (Phi) is 5.89. The minimum Gasteiger partial charge on any atom is -0.384 e. The Labute approximate surface area is 133 Å². The smallest absolute Gasteiger partial charge is 0.0548 e. The van der Waals surface area contributed by atoms with Gasteiger partial charge in [-0.15, -0.1) is 0 Å². The molecule has 4 heteroatoms. The lowest BCUT2D eigenvalue weighted by Gasteiger charge is -2.12. The summed E-state index contributed by atoms with van der Waals surface area (Å²) in [5.41, 5.74) is 3.60. The molecule has 0 radical (unpaired) electrons. The second-order valence-electron chi connectivity index (χ2n) is 4.50. The molecular weight excluding hydrogens is 338 g/mol. The van der Waals surface area contributed by atoms with Crippen molar-refractivity contribution < 1.29 is 4.74 Å². The van der Waals surface area contributed by atoms with E-state index < -0.39 is 0 Å². The predicted molar refractivity (Wildman–Crippen MR) is 88.5 cm³/mol. The molecule has 2 nitrogen and oxygen atoms in total. The third-order valence-corrected chi connectivity index (χ3v) is 4.27. The van der Waals surface area contributed by atoms with E-state index in [9.17, 15) is 0 Å². The number of anilines is 1. The van der Waals surface area contributed by atoms with Crippen molar-refractivity contribution in [1.82, 2.24) is 0 Å². The van der Waals surface area contributed by atoms with E-state index in [1.807, 2.05) is 24.3 Å². The molecule has 0 aliphatic rings. The van der Waals surface area contributed by atoms with Crippen LogP contribution in [0.4, 0.5) is 5.69 Å². The van der Waals surface area contributed by atoms with Crippen molar-refractivity contribution in [2.24, 2.45) is 0 Å². The van der Waals surface area contributed by atoms with E-state index in [4.69, 9.17) is 16.3 Å². The number of benzene rings is 2. The topological polar surface area (TPSA) is 21.3 Å². The number of halogens is 2. The third-order valence-electron chi connectivity index (χ3n) is 3.06. The van der Waals surface area contributed by atoms with E-state index in [1.54, 1.807) is 7.11 Å². The highest BCUT2D eigenvalue weighted by molar-refractivity contribution is 9.10. The normalized spacial score (nSPS) is 10.6. The SMILES string of the molecule is COCCc1ccccc1NCc1ccc(Cl)c(Br)c1.